The Morgan fingerprint density at radius 2 is 2.35 bits per heavy atom. The van der Waals surface area contributed by atoms with Gasteiger partial charge in [-0.2, -0.15) is 16.4 Å². The van der Waals surface area contributed by atoms with E-state index in [1.54, 1.807) is 12.3 Å². The molecule has 1 aromatic heterocycles. The number of carbonyl (C=O) groups excluding carboxylic acids is 1. The first-order valence-corrected chi connectivity index (χ1v) is 7.07. The van der Waals surface area contributed by atoms with Crippen molar-refractivity contribution in [2.75, 3.05) is 6.54 Å². The van der Waals surface area contributed by atoms with E-state index in [4.69, 9.17) is 0 Å². The summed E-state index contributed by atoms with van der Waals surface area (Å²) in [5.41, 5.74) is 2.81. The van der Waals surface area contributed by atoms with Crippen molar-refractivity contribution in [3.05, 3.63) is 16.8 Å². The summed E-state index contributed by atoms with van der Waals surface area (Å²) in [5, 5.41) is 7.81. The van der Waals surface area contributed by atoms with Crippen LogP contribution in [-0.2, 0) is 10.0 Å². The van der Waals surface area contributed by atoms with Crippen LogP contribution in [0.3, 0.4) is 0 Å². The molecule has 2 N–H and O–H groups in total. The number of carbonyl (C=O) groups is 1. The summed E-state index contributed by atoms with van der Waals surface area (Å²) in [6.45, 7) is 1.81. The van der Waals surface area contributed by atoms with Crippen LogP contribution < -0.4 is 10.3 Å². The molecule has 0 unspecified atom stereocenters. The number of amides is 2. The predicted molar refractivity (Wildman–Crippen MR) is 63.0 cm³/mol. The first-order chi connectivity index (χ1) is 7.99. The average Bonchev–Trinajstić information content (AvgIpc) is 2.77. The first kappa shape index (κ1) is 12.0. The number of urea groups is 1. The van der Waals surface area contributed by atoms with E-state index in [9.17, 15) is 13.2 Å². The van der Waals surface area contributed by atoms with Crippen LogP contribution in [0.4, 0.5) is 4.79 Å². The molecule has 2 amide bonds. The lowest BCUT2D eigenvalue weighted by Gasteiger charge is -2.25. The molecule has 0 saturated heterocycles. The van der Waals surface area contributed by atoms with Crippen LogP contribution in [0.15, 0.2) is 26.8 Å². The van der Waals surface area contributed by atoms with Crippen molar-refractivity contribution in [1.82, 2.24) is 15.3 Å². The van der Waals surface area contributed by atoms with Crippen molar-refractivity contribution in [3.8, 4) is 0 Å². The van der Waals surface area contributed by atoms with Gasteiger partial charge < -0.3 is 0 Å². The number of nitrogens with one attached hydrogen (secondary N) is 2. The monoisotopic (exact) mass is 274 g/mol. The van der Waals surface area contributed by atoms with Crippen molar-refractivity contribution in [2.45, 2.75) is 11.8 Å². The van der Waals surface area contributed by atoms with Gasteiger partial charge in [-0.25, -0.2) is 23.6 Å². The fraction of sp³-hybridized carbons (Fsp3) is 0.250. The minimum absolute atomic E-state index is 0.120. The lowest BCUT2D eigenvalue weighted by molar-refractivity contribution is 0.193. The van der Waals surface area contributed by atoms with Crippen LogP contribution in [0, 0.1) is 0 Å². The van der Waals surface area contributed by atoms with Gasteiger partial charge in [0.25, 0.3) is 10.0 Å². The second-order valence-electron chi connectivity index (χ2n) is 3.40. The number of hydrogen-bond acceptors (Lipinski definition) is 5. The standard InChI is InChI=1S/C8H10N4O3S2/c1-6-4-12(8(13)10-9-6)11-17(14,15)7-2-3-16-5-7/h2-3,5,11H,4H2,1H3,(H,10,13). The van der Waals surface area contributed by atoms with Crippen LogP contribution in [0.2, 0.25) is 0 Å². The predicted octanol–water partition coefficient (Wildman–Crippen LogP) is 0.343. The Bertz CT molecular complexity index is 549. The summed E-state index contributed by atoms with van der Waals surface area (Å²) in [6, 6.07) is 0.866. The highest BCUT2D eigenvalue weighted by molar-refractivity contribution is 7.89. The number of hydrogen-bond donors (Lipinski definition) is 2. The molecule has 17 heavy (non-hydrogen) atoms. The SMILES string of the molecule is CC1=NNC(=O)N(NS(=O)(=O)c2ccsc2)C1. The largest absolute Gasteiger partial charge is 0.353 e. The van der Waals surface area contributed by atoms with E-state index in [1.807, 2.05) is 0 Å². The molecule has 1 aliphatic rings. The minimum atomic E-state index is -3.70. The second-order valence-corrected chi connectivity index (χ2v) is 5.84. The lowest BCUT2D eigenvalue weighted by atomic mass is 10.4. The average molecular weight is 274 g/mol. The maximum atomic E-state index is 11.8. The van der Waals surface area contributed by atoms with Gasteiger partial charge in [-0.05, 0) is 18.4 Å². The van der Waals surface area contributed by atoms with Gasteiger partial charge in [0.2, 0.25) is 0 Å². The van der Waals surface area contributed by atoms with Crippen molar-refractivity contribution in [2.24, 2.45) is 5.10 Å². The van der Waals surface area contributed by atoms with Gasteiger partial charge >= 0.3 is 6.03 Å². The summed E-state index contributed by atoms with van der Waals surface area (Å²) >= 11 is 1.27. The van der Waals surface area contributed by atoms with Crippen LogP contribution in [0.1, 0.15) is 6.92 Å². The summed E-state index contributed by atoms with van der Waals surface area (Å²) in [4.78, 5) is 13.7. The fourth-order valence-corrected chi connectivity index (χ4v) is 3.28. The normalized spacial score (nSPS) is 16.6. The number of thiophene rings is 1. The highest BCUT2D eigenvalue weighted by Gasteiger charge is 2.25. The van der Waals surface area contributed by atoms with E-state index >= 15 is 0 Å². The third kappa shape index (κ3) is 2.62. The molecule has 2 rings (SSSR count). The van der Waals surface area contributed by atoms with Crippen LogP contribution in [0.25, 0.3) is 0 Å². The van der Waals surface area contributed by atoms with Gasteiger partial charge in [-0.3, -0.25) is 0 Å². The molecule has 92 valence electrons. The molecule has 1 aromatic rings. The quantitative estimate of drug-likeness (QED) is 0.832. The number of sulfonamides is 1. The zero-order valence-corrected chi connectivity index (χ0v) is 10.5. The van der Waals surface area contributed by atoms with Gasteiger partial charge in [0.05, 0.1) is 17.2 Å². The van der Waals surface area contributed by atoms with Gasteiger partial charge in [0, 0.05) is 5.38 Å². The molecule has 0 spiro atoms. The fourth-order valence-electron chi connectivity index (χ4n) is 1.22. The molecule has 9 heteroatoms. The van der Waals surface area contributed by atoms with Crippen molar-refractivity contribution in [1.29, 1.82) is 0 Å². The maximum absolute atomic E-state index is 11.8. The summed E-state index contributed by atoms with van der Waals surface area (Å²) < 4.78 is 23.7. The van der Waals surface area contributed by atoms with E-state index in [-0.39, 0.29) is 11.4 Å². The molecule has 0 aliphatic carbocycles. The minimum Gasteiger partial charge on any atom is -0.245 e. The summed E-state index contributed by atoms with van der Waals surface area (Å²) in [6.07, 6.45) is 0. The van der Waals surface area contributed by atoms with E-state index in [0.717, 1.165) is 5.01 Å². The molecule has 0 aromatic carbocycles. The molecule has 7 nitrogen and oxygen atoms in total. The van der Waals surface area contributed by atoms with Gasteiger partial charge in [0.15, 0.2) is 0 Å². The van der Waals surface area contributed by atoms with E-state index in [0.29, 0.717) is 5.71 Å². The molecular weight excluding hydrogens is 264 g/mol. The molecule has 0 atom stereocenters. The summed E-state index contributed by atoms with van der Waals surface area (Å²) in [7, 11) is -3.70. The number of rotatable bonds is 3. The zero-order valence-electron chi connectivity index (χ0n) is 8.87. The Hall–Kier alpha value is -1.45. The van der Waals surface area contributed by atoms with Crippen LogP contribution in [-0.4, -0.2) is 31.7 Å². The Labute approximate surface area is 102 Å². The highest BCUT2D eigenvalue weighted by atomic mass is 32.2. The van der Waals surface area contributed by atoms with Crippen molar-refractivity contribution >= 4 is 33.1 Å². The number of nitrogens with zero attached hydrogens (tertiary/aromatic N) is 2. The van der Waals surface area contributed by atoms with Crippen molar-refractivity contribution < 1.29 is 13.2 Å². The molecule has 0 saturated carbocycles. The Morgan fingerprint density at radius 3 is 3.00 bits per heavy atom. The zero-order chi connectivity index (χ0) is 12.5. The maximum Gasteiger partial charge on any atom is 0.353 e. The van der Waals surface area contributed by atoms with Crippen LogP contribution in [0.5, 0.6) is 0 Å². The van der Waals surface area contributed by atoms with Gasteiger partial charge in [0.1, 0.15) is 0 Å². The highest BCUT2D eigenvalue weighted by Crippen LogP contribution is 2.13. The second kappa shape index (κ2) is 4.43. The number of hydrazine groups is 1. The number of hydrazone groups is 1. The molecule has 0 fully saturated rings. The van der Waals surface area contributed by atoms with Gasteiger partial charge in [-0.1, -0.05) is 0 Å². The molecular formula is C8H10N4O3S2. The third-order valence-electron chi connectivity index (χ3n) is 2.01. The summed E-state index contributed by atoms with van der Waals surface area (Å²) in [5.74, 6) is 0. The Balaban J connectivity index is 2.17. The molecule has 2 heterocycles. The smallest absolute Gasteiger partial charge is 0.245 e. The lowest BCUT2D eigenvalue weighted by Crippen LogP contribution is -2.54. The van der Waals surface area contributed by atoms with E-state index in [1.165, 1.54) is 22.8 Å². The Kier molecular flexibility index (Phi) is 3.13. The molecule has 0 radical (unpaired) electrons. The molecule has 0 bridgehead atoms. The van der Waals surface area contributed by atoms with Gasteiger partial charge in [-0.15, -0.1) is 4.83 Å². The molecule has 1 aliphatic heterocycles. The van der Waals surface area contributed by atoms with E-state index < -0.39 is 16.1 Å². The van der Waals surface area contributed by atoms with E-state index in [2.05, 4.69) is 15.4 Å². The van der Waals surface area contributed by atoms with Crippen LogP contribution >= 0.6 is 11.3 Å². The first-order valence-electron chi connectivity index (χ1n) is 4.64. The third-order valence-corrected chi connectivity index (χ3v) is 4.18. The topological polar surface area (TPSA) is 90.9 Å². The van der Waals surface area contributed by atoms with Crippen molar-refractivity contribution in [3.63, 3.8) is 0 Å². The Morgan fingerprint density at radius 1 is 1.59 bits per heavy atom.